The number of ether oxygens (including phenoxy) is 1. The number of nitrogens with zero attached hydrogens (tertiary/aromatic N) is 3. The third-order valence-electron chi connectivity index (χ3n) is 4.46. The molecule has 2 heterocycles. The van der Waals surface area contributed by atoms with Gasteiger partial charge in [-0.1, -0.05) is 15.9 Å². The lowest BCUT2D eigenvalue weighted by atomic mass is 10.2. The number of rotatable bonds is 4. The number of amides is 2. The highest BCUT2D eigenvalue weighted by atomic mass is 79.9. The normalized spacial score (nSPS) is 14.4. The van der Waals surface area contributed by atoms with Gasteiger partial charge in [0.2, 0.25) is 0 Å². The van der Waals surface area contributed by atoms with E-state index in [9.17, 15) is 9.59 Å². The molecule has 1 aliphatic heterocycles. The zero-order valence-electron chi connectivity index (χ0n) is 15.7. The minimum Gasteiger partial charge on any atom is -0.462 e. The van der Waals surface area contributed by atoms with Crippen LogP contribution in [-0.4, -0.2) is 54.7 Å². The van der Waals surface area contributed by atoms with Crippen molar-refractivity contribution < 1.29 is 14.3 Å². The highest BCUT2D eigenvalue weighted by Crippen LogP contribution is 2.17. The molecule has 1 aromatic carbocycles. The van der Waals surface area contributed by atoms with E-state index in [1.54, 1.807) is 13.0 Å². The van der Waals surface area contributed by atoms with Crippen molar-refractivity contribution in [2.24, 2.45) is 0 Å². The van der Waals surface area contributed by atoms with Crippen molar-refractivity contribution >= 4 is 39.4 Å². The number of esters is 1. The van der Waals surface area contributed by atoms with E-state index in [0.29, 0.717) is 31.8 Å². The molecule has 148 valence electrons. The maximum Gasteiger partial charge on any atom is 0.339 e. The van der Waals surface area contributed by atoms with Gasteiger partial charge in [0.1, 0.15) is 5.82 Å². The molecule has 0 spiro atoms. The van der Waals surface area contributed by atoms with Crippen LogP contribution in [0.2, 0.25) is 0 Å². The van der Waals surface area contributed by atoms with Gasteiger partial charge in [0.25, 0.3) is 0 Å². The third kappa shape index (κ3) is 5.22. The van der Waals surface area contributed by atoms with Crippen LogP contribution in [0.1, 0.15) is 23.7 Å². The van der Waals surface area contributed by atoms with Crippen LogP contribution < -0.4 is 10.2 Å². The average Bonchev–Trinajstić information content (AvgIpc) is 2.96. The highest BCUT2D eigenvalue weighted by Gasteiger charge is 2.20. The number of carbonyl (C=O) groups is 2. The van der Waals surface area contributed by atoms with Gasteiger partial charge in [0.15, 0.2) is 0 Å². The first-order chi connectivity index (χ1) is 13.6. The van der Waals surface area contributed by atoms with Crippen molar-refractivity contribution in [3.63, 3.8) is 0 Å². The molecule has 1 saturated heterocycles. The summed E-state index contributed by atoms with van der Waals surface area (Å²) >= 11 is 3.39. The first-order valence-electron chi connectivity index (χ1n) is 9.26. The summed E-state index contributed by atoms with van der Waals surface area (Å²) in [4.78, 5) is 32.6. The van der Waals surface area contributed by atoms with E-state index in [1.165, 1.54) is 6.20 Å². The van der Waals surface area contributed by atoms with Crippen LogP contribution in [0.25, 0.3) is 0 Å². The smallest absolute Gasteiger partial charge is 0.339 e. The van der Waals surface area contributed by atoms with Crippen molar-refractivity contribution in [2.75, 3.05) is 43.0 Å². The number of nitrogens with one attached hydrogen (secondary N) is 1. The summed E-state index contributed by atoms with van der Waals surface area (Å²) in [6.07, 6.45) is 2.38. The molecule has 7 nitrogen and oxygen atoms in total. The van der Waals surface area contributed by atoms with Gasteiger partial charge in [-0.3, -0.25) is 0 Å². The Labute approximate surface area is 172 Å². The van der Waals surface area contributed by atoms with Crippen LogP contribution >= 0.6 is 15.9 Å². The summed E-state index contributed by atoms with van der Waals surface area (Å²) < 4.78 is 5.95. The zero-order chi connectivity index (χ0) is 19.9. The number of anilines is 2. The van der Waals surface area contributed by atoms with E-state index in [1.807, 2.05) is 35.2 Å². The standard InChI is InChI=1S/C20H23BrN4O3/c1-2-28-19(26)15-4-9-18(22-14-15)24-10-3-11-25(13-12-24)20(27)23-17-7-5-16(21)6-8-17/h4-9,14H,2-3,10-13H2,1H3,(H,23,27). The van der Waals surface area contributed by atoms with Crippen molar-refractivity contribution in [3.8, 4) is 0 Å². The molecule has 0 aliphatic carbocycles. The fraction of sp³-hybridized carbons (Fsp3) is 0.350. The molecule has 0 radical (unpaired) electrons. The van der Waals surface area contributed by atoms with E-state index < -0.39 is 0 Å². The number of hydrogen-bond donors (Lipinski definition) is 1. The maximum atomic E-state index is 12.5. The average molecular weight is 447 g/mol. The van der Waals surface area contributed by atoms with Crippen LogP contribution in [0.5, 0.6) is 0 Å². The third-order valence-corrected chi connectivity index (χ3v) is 4.99. The van der Waals surface area contributed by atoms with E-state index in [4.69, 9.17) is 4.74 Å². The van der Waals surface area contributed by atoms with Crippen LogP contribution in [0, 0.1) is 0 Å². The second-order valence-electron chi connectivity index (χ2n) is 6.39. The summed E-state index contributed by atoms with van der Waals surface area (Å²) in [6, 6.07) is 11.0. The summed E-state index contributed by atoms with van der Waals surface area (Å²) in [5.41, 5.74) is 1.21. The van der Waals surface area contributed by atoms with Gasteiger partial charge in [-0.05, 0) is 49.7 Å². The Balaban J connectivity index is 1.57. The summed E-state index contributed by atoms with van der Waals surface area (Å²) in [5.74, 6) is 0.427. The van der Waals surface area contributed by atoms with Crippen LogP contribution in [0.4, 0.5) is 16.3 Å². The Kier molecular flexibility index (Phi) is 6.86. The SMILES string of the molecule is CCOC(=O)c1ccc(N2CCCN(C(=O)Nc3ccc(Br)cc3)CC2)nc1. The van der Waals surface area contributed by atoms with Crippen LogP contribution in [-0.2, 0) is 4.74 Å². The van der Waals surface area contributed by atoms with E-state index >= 15 is 0 Å². The van der Waals surface area contributed by atoms with Crippen LogP contribution in [0.3, 0.4) is 0 Å². The van der Waals surface area contributed by atoms with Gasteiger partial charge < -0.3 is 19.9 Å². The van der Waals surface area contributed by atoms with Crippen molar-refractivity contribution in [2.45, 2.75) is 13.3 Å². The molecule has 8 heteroatoms. The minimum absolute atomic E-state index is 0.102. The molecular formula is C20H23BrN4O3. The van der Waals surface area contributed by atoms with Gasteiger partial charge in [-0.25, -0.2) is 14.6 Å². The molecule has 28 heavy (non-hydrogen) atoms. The molecule has 1 N–H and O–H groups in total. The van der Waals surface area contributed by atoms with Crippen molar-refractivity contribution in [3.05, 3.63) is 52.6 Å². The molecular weight excluding hydrogens is 424 g/mol. The monoisotopic (exact) mass is 446 g/mol. The molecule has 3 rings (SSSR count). The predicted octanol–water partition coefficient (Wildman–Crippen LogP) is 3.77. The van der Waals surface area contributed by atoms with E-state index in [2.05, 4.69) is 31.1 Å². The van der Waals surface area contributed by atoms with E-state index in [0.717, 1.165) is 28.9 Å². The number of aromatic nitrogens is 1. The molecule has 0 saturated carbocycles. The molecule has 2 amide bonds. The summed E-state index contributed by atoms with van der Waals surface area (Å²) in [6.45, 7) is 4.87. The second kappa shape index (κ2) is 9.54. The first-order valence-corrected chi connectivity index (χ1v) is 10.1. The summed E-state index contributed by atoms with van der Waals surface area (Å²) in [5, 5.41) is 2.93. The van der Waals surface area contributed by atoms with E-state index in [-0.39, 0.29) is 12.0 Å². The Morgan fingerprint density at radius 3 is 2.57 bits per heavy atom. The Morgan fingerprint density at radius 2 is 1.89 bits per heavy atom. The van der Waals surface area contributed by atoms with Gasteiger partial charge in [0, 0.05) is 42.5 Å². The number of pyridine rings is 1. The van der Waals surface area contributed by atoms with Gasteiger partial charge in [-0.2, -0.15) is 0 Å². The molecule has 1 aliphatic rings. The lowest BCUT2D eigenvalue weighted by molar-refractivity contribution is 0.0526. The Morgan fingerprint density at radius 1 is 1.11 bits per heavy atom. The number of benzene rings is 1. The molecule has 0 unspecified atom stereocenters. The molecule has 0 atom stereocenters. The number of urea groups is 1. The Bertz CT molecular complexity index is 811. The lowest BCUT2D eigenvalue weighted by Gasteiger charge is -2.23. The van der Waals surface area contributed by atoms with Gasteiger partial charge in [0.05, 0.1) is 12.2 Å². The molecule has 0 bridgehead atoms. The summed E-state index contributed by atoms with van der Waals surface area (Å²) in [7, 11) is 0. The highest BCUT2D eigenvalue weighted by molar-refractivity contribution is 9.10. The minimum atomic E-state index is -0.367. The fourth-order valence-electron chi connectivity index (χ4n) is 2.99. The molecule has 1 fully saturated rings. The largest absolute Gasteiger partial charge is 0.462 e. The predicted molar refractivity (Wildman–Crippen MR) is 112 cm³/mol. The first kappa shape index (κ1) is 20.1. The number of carbonyl (C=O) groups excluding carboxylic acids is 2. The molecule has 1 aromatic heterocycles. The number of hydrogen-bond acceptors (Lipinski definition) is 5. The second-order valence-corrected chi connectivity index (χ2v) is 7.31. The topological polar surface area (TPSA) is 74.8 Å². The van der Waals surface area contributed by atoms with Gasteiger partial charge >= 0.3 is 12.0 Å². The fourth-order valence-corrected chi connectivity index (χ4v) is 3.26. The van der Waals surface area contributed by atoms with Gasteiger partial charge in [-0.15, -0.1) is 0 Å². The van der Waals surface area contributed by atoms with Crippen molar-refractivity contribution in [1.82, 2.24) is 9.88 Å². The Hall–Kier alpha value is -2.61. The maximum absolute atomic E-state index is 12.5. The zero-order valence-corrected chi connectivity index (χ0v) is 17.3. The quantitative estimate of drug-likeness (QED) is 0.723. The van der Waals surface area contributed by atoms with Crippen molar-refractivity contribution in [1.29, 1.82) is 0 Å². The lowest BCUT2D eigenvalue weighted by Crippen LogP contribution is -2.38. The number of halogens is 1. The molecule has 2 aromatic rings. The van der Waals surface area contributed by atoms with Crippen LogP contribution in [0.15, 0.2) is 47.1 Å².